The molecule has 1 unspecified atom stereocenters. The molecule has 0 aliphatic carbocycles. The first-order valence-corrected chi connectivity index (χ1v) is 12.1. The Morgan fingerprint density at radius 3 is 2.52 bits per heavy atom. The predicted octanol–water partition coefficient (Wildman–Crippen LogP) is 5.23. The normalized spacial score (nSPS) is 14.6. The molecule has 1 N–H and O–H groups in total. The minimum Gasteiger partial charge on any atom is -0.332 e. The molecule has 0 saturated heterocycles. The summed E-state index contributed by atoms with van der Waals surface area (Å²) in [6.45, 7) is 10.2. The Kier molecular flexibility index (Phi) is 7.95. The second-order valence-electron chi connectivity index (χ2n) is 9.34. The van der Waals surface area contributed by atoms with Crippen LogP contribution in [0.15, 0.2) is 47.4 Å². The van der Waals surface area contributed by atoms with E-state index < -0.39 is 0 Å². The molecule has 0 saturated carbocycles. The fourth-order valence-corrected chi connectivity index (χ4v) is 4.87. The molecule has 0 radical (unpaired) electrons. The zero-order chi connectivity index (χ0) is 22.4. The highest BCUT2D eigenvalue weighted by Gasteiger charge is 2.32. The third-order valence-corrected chi connectivity index (χ3v) is 6.84. The summed E-state index contributed by atoms with van der Waals surface area (Å²) in [6.07, 6.45) is 3.16. The van der Waals surface area contributed by atoms with Crippen molar-refractivity contribution in [2.45, 2.75) is 75.7 Å². The Labute approximate surface area is 190 Å². The van der Waals surface area contributed by atoms with Crippen molar-refractivity contribution in [3.63, 3.8) is 0 Å². The molecule has 166 valence electrons. The van der Waals surface area contributed by atoms with E-state index in [4.69, 9.17) is 0 Å². The van der Waals surface area contributed by atoms with Gasteiger partial charge in [-0.3, -0.25) is 4.79 Å². The van der Waals surface area contributed by atoms with E-state index in [0.717, 1.165) is 36.1 Å². The van der Waals surface area contributed by atoms with Crippen LogP contribution in [0.5, 0.6) is 0 Å². The van der Waals surface area contributed by atoms with Crippen LogP contribution in [0.3, 0.4) is 0 Å². The minimum atomic E-state index is 0.0725. The molecule has 1 amide bonds. The topological polar surface area (TPSA) is 49.4 Å². The molecular weight excluding hydrogens is 404 g/mol. The van der Waals surface area contributed by atoms with Crippen molar-refractivity contribution < 1.29 is 9.59 Å². The quantitative estimate of drug-likeness (QED) is 0.407. The zero-order valence-electron chi connectivity index (χ0n) is 19.1. The van der Waals surface area contributed by atoms with Crippen molar-refractivity contribution in [2.75, 3.05) is 6.54 Å². The van der Waals surface area contributed by atoms with Gasteiger partial charge in [0.05, 0.1) is 0 Å². The number of aldehydes is 1. The second kappa shape index (κ2) is 10.5. The average Bonchev–Trinajstić information content (AvgIpc) is 3.08. The lowest BCUT2D eigenvalue weighted by Gasteiger charge is -2.23. The molecule has 2 aromatic carbocycles. The molecule has 1 atom stereocenters. The van der Waals surface area contributed by atoms with Gasteiger partial charge in [-0.25, -0.2) is 0 Å². The predicted molar refractivity (Wildman–Crippen MR) is 129 cm³/mol. The molecule has 5 heteroatoms. The number of nitrogens with zero attached hydrogens (tertiary/aromatic N) is 1. The van der Waals surface area contributed by atoms with Gasteiger partial charge in [0, 0.05) is 40.8 Å². The molecule has 0 fully saturated rings. The molecule has 2 aromatic rings. The van der Waals surface area contributed by atoms with Gasteiger partial charge >= 0.3 is 0 Å². The number of nitrogens with one attached hydrogen (secondary N) is 1. The summed E-state index contributed by atoms with van der Waals surface area (Å²) < 4.78 is 0. The molecule has 3 rings (SSSR count). The van der Waals surface area contributed by atoms with Gasteiger partial charge in [-0.2, -0.15) is 0 Å². The maximum Gasteiger partial charge on any atom is 0.254 e. The lowest BCUT2D eigenvalue weighted by molar-refractivity contribution is -0.108. The van der Waals surface area contributed by atoms with Gasteiger partial charge in [-0.15, -0.1) is 11.8 Å². The standard InChI is InChI=1S/C26H34N2O2S/c1-19(7-6-16-29)28-17-23-22(25(28)30)8-5-9-24(23)31-18-21-12-10-20(11-13-21)14-15-27-26(2,3)4/h5,8-13,16,19,27H,6-7,14-15,17-18H2,1-4H3. The lowest BCUT2D eigenvalue weighted by Crippen LogP contribution is -2.37. The SMILES string of the molecule is CC(CCC=O)N1Cc2c(SCc3ccc(CCNC(C)(C)C)cc3)cccc2C1=O. The highest BCUT2D eigenvalue weighted by Crippen LogP contribution is 2.35. The molecule has 0 bridgehead atoms. The summed E-state index contributed by atoms with van der Waals surface area (Å²) >= 11 is 1.79. The zero-order valence-corrected chi connectivity index (χ0v) is 19.9. The number of fused-ring (bicyclic) bond motifs is 1. The van der Waals surface area contributed by atoms with Crippen molar-refractivity contribution in [2.24, 2.45) is 0 Å². The number of thioether (sulfide) groups is 1. The van der Waals surface area contributed by atoms with Crippen LogP contribution < -0.4 is 5.32 Å². The lowest BCUT2D eigenvalue weighted by atomic mass is 10.1. The number of rotatable bonds is 10. The summed E-state index contributed by atoms with van der Waals surface area (Å²) in [6, 6.07) is 14.9. The van der Waals surface area contributed by atoms with Gasteiger partial charge in [0.1, 0.15) is 6.29 Å². The smallest absolute Gasteiger partial charge is 0.254 e. The first-order chi connectivity index (χ1) is 14.8. The highest BCUT2D eigenvalue weighted by atomic mass is 32.2. The summed E-state index contributed by atoms with van der Waals surface area (Å²) in [7, 11) is 0. The van der Waals surface area contributed by atoms with Crippen LogP contribution in [0.4, 0.5) is 0 Å². The fraction of sp³-hybridized carbons (Fsp3) is 0.462. The first-order valence-electron chi connectivity index (χ1n) is 11.1. The van der Waals surface area contributed by atoms with Crippen molar-refractivity contribution in [1.29, 1.82) is 0 Å². The largest absolute Gasteiger partial charge is 0.332 e. The van der Waals surface area contributed by atoms with E-state index in [1.165, 1.54) is 16.0 Å². The van der Waals surface area contributed by atoms with Crippen LogP contribution >= 0.6 is 11.8 Å². The Hall–Kier alpha value is -2.11. The van der Waals surface area contributed by atoms with Gasteiger partial charge in [0.2, 0.25) is 0 Å². The van der Waals surface area contributed by atoms with E-state index in [-0.39, 0.29) is 17.5 Å². The van der Waals surface area contributed by atoms with Crippen molar-refractivity contribution in [1.82, 2.24) is 10.2 Å². The van der Waals surface area contributed by atoms with Crippen LogP contribution in [0.1, 0.15) is 67.6 Å². The summed E-state index contributed by atoms with van der Waals surface area (Å²) in [5, 5.41) is 3.53. The number of hydrogen-bond donors (Lipinski definition) is 1. The van der Waals surface area contributed by atoms with Crippen LogP contribution in [-0.2, 0) is 23.5 Å². The molecule has 1 heterocycles. The van der Waals surface area contributed by atoms with Gasteiger partial charge in [-0.05, 0) is 75.9 Å². The number of hydrogen-bond acceptors (Lipinski definition) is 4. The summed E-state index contributed by atoms with van der Waals surface area (Å²) in [4.78, 5) is 26.6. The average molecular weight is 439 g/mol. The molecule has 1 aliphatic rings. The van der Waals surface area contributed by atoms with Crippen molar-refractivity contribution >= 4 is 24.0 Å². The molecule has 0 spiro atoms. The Morgan fingerprint density at radius 2 is 1.84 bits per heavy atom. The van der Waals surface area contributed by atoms with E-state index in [1.54, 1.807) is 11.8 Å². The van der Waals surface area contributed by atoms with Crippen molar-refractivity contribution in [3.05, 3.63) is 64.7 Å². The highest BCUT2D eigenvalue weighted by molar-refractivity contribution is 7.98. The number of amides is 1. The molecule has 1 aliphatic heterocycles. The minimum absolute atomic E-state index is 0.0725. The molecular formula is C26H34N2O2S. The fourth-order valence-electron chi connectivity index (χ4n) is 3.83. The van der Waals surface area contributed by atoms with Crippen LogP contribution in [0.25, 0.3) is 0 Å². The van der Waals surface area contributed by atoms with E-state index in [9.17, 15) is 9.59 Å². The number of carbonyl (C=O) groups is 2. The molecule has 31 heavy (non-hydrogen) atoms. The van der Waals surface area contributed by atoms with Crippen LogP contribution in [0, 0.1) is 0 Å². The van der Waals surface area contributed by atoms with Crippen LogP contribution in [0.2, 0.25) is 0 Å². The Morgan fingerprint density at radius 1 is 1.13 bits per heavy atom. The van der Waals surface area contributed by atoms with Gasteiger partial charge in [0.25, 0.3) is 5.91 Å². The van der Waals surface area contributed by atoms with Gasteiger partial charge in [-0.1, -0.05) is 30.3 Å². The number of benzene rings is 2. The van der Waals surface area contributed by atoms with E-state index in [1.807, 2.05) is 24.0 Å². The Balaban J connectivity index is 1.59. The van der Waals surface area contributed by atoms with Gasteiger partial charge in [0.15, 0.2) is 0 Å². The molecule has 4 nitrogen and oxygen atoms in total. The third-order valence-electron chi connectivity index (χ3n) is 5.67. The van der Waals surface area contributed by atoms with E-state index in [0.29, 0.717) is 19.4 Å². The summed E-state index contributed by atoms with van der Waals surface area (Å²) in [5.74, 6) is 0.968. The first kappa shape index (κ1) is 23.6. The Bertz CT molecular complexity index is 903. The van der Waals surface area contributed by atoms with Gasteiger partial charge < -0.3 is 15.0 Å². The monoisotopic (exact) mass is 438 g/mol. The third kappa shape index (κ3) is 6.44. The maximum atomic E-state index is 12.8. The van der Waals surface area contributed by atoms with Crippen molar-refractivity contribution in [3.8, 4) is 0 Å². The number of carbonyl (C=O) groups excluding carboxylic acids is 2. The maximum absolute atomic E-state index is 12.8. The van der Waals surface area contributed by atoms with Crippen LogP contribution in [-0.4, -0.2) is 35.2 Å². The van der Waals surface area contributed by atoms with E-state index >= 15 is 0 Å². The molecule has 0 aromatic heterocycles. The summed E-state index contributed by atoms with van der Waals surface area (Å²) in [5.41, 5.74) is 4.72. The van der Waals surface area contributed by atoms with E-state index in [2.05, 4.69) is 56.4 Å². The second-order valence-corrected chi connectivity index (χ2v) is 10.4.